The fraction of sp³-hybridized carbons (Fsp3) is 0.824. The highest BCUT2D eigenvalue weighted by atomic mass is 16.6. The largest absolute Gasteiger partial charge is 0.444 e. The Hall–Kier alpha value is -1.11. The van der Waals surface area contributed by atoms with Crippen LogP contribution in [0.4, 0.5) is 4.79 Å². The van der Waals surface area contributed by atoms with Gasteiger partial charge in [0.25, 0.3) is 0 Å². The minimum absolute atomic E-state index is 0.0358. The second-order valence-corrected chi connectivity index (χ2v) is 7.35. The molecule has 1 aliphatic carbocycles. The average molecular weight is 325 g/mol. The number of hydrogen-bond acceptors (Lipinski definition) is 5. The van der Waals surface area contributed by atoms with Gasteiger partial charge in [-0.2, -0.15) is 0 Å². The number of epoxide rings is 2. The summed E-state index contributed by atoms with van der Waals surface area (Å²) in [5.41, 5.74) is 5.98. The smallest absolute Gasteiger partial charge is 0.404 e. The summed E-state index contributed by atoms with van der Waals surface area (Å²) in [5, 5.41) is 0. The van der Waals surface area contributed by atoms with Gasteiger partial charge in [-0.1, -0.05) is 11.6 Å². The SMILES string of the molecule is COC1C(OC(N)=O)CC[C@]2(CO2)[C@@H]1[C@@]1(C)O[C@@H]1CC=C(C)C. The van der Waals surface area contributed by atoms with Crippen molar-refractivity contribution in [2.45, 2.75) is 69.5 Å². The summed E-state index contributed by atoms with van der Waals surface area (Å²) in [4.78, 5) is 11.2. The fourth-order valence-electron chi connectivity index (χ4n) is 4.22. The van der Waals surface area contributed by atoms with Crippen LogP contribution in [0, 0.1) is 5.92 Å². The average Bonchev–Trinajstić information content (AvgIpc) is 3.37. The van der Waals surface area contributed by atoms with Gasteiger partial charge in [-0.15, -0.1) is 0 Å². The quantitative estimate of drug-likeness (QED) is 0.618. The van der Waals surface area contributed by atoms with Crippen LogP contribution in [0.3, 0.4) is 0 Å². The molecule has 0 aromatic heterocycles. The van der Waals surface area contributed by atoms with E-state index in [2.05, 4.69) is 26.8 Å². The van der Waals surface area contributed by atoms with Gasteiger partial charge in [0.1, 0.15) is 23.4 Å². The Morgan fingerprint density at radius 1 is 1.43 bits per heavy atom. The Morgan fingerprint density at radius 3 is 2.65 bits per heavy atom. The van der Waals surface area contributed by atoms with E-state index < -0.39 is 6.09 Å². The predicted octanol–water partition coefficient (Wildman–Crippen LogP) is 2.16. The van der Waals surface area contributed by atoms with Crippen LogP contribution < -0.4 is 5.73 Å². The second-order valence-electron chi connectivity index (χ2n) is 7.35. The number of rotatable bonds is 5. The lowest BCUT2D eigenvalue weighted by atomic mass is 9.68. The van der Waals surface area contributed by atoms with E-state index >= 15 is 0 Å². The van der Waals surface area contributed by atoms with Crippen molar-refractivity contribution in [3.8, 4) is 0 Å². The zero-order valence-corrected chi connectivity index (χ0v) is 14.3. The Balaban J connectivity index is 1.79. The van der Waals surface area contributed by atoms with Crippen LogP contribution >= 0.6 is 0 Å². The highest BCUT2D eigenvalue weighted by molar-refractivity contribution is 5.64. The second kappa shape index (κ2) is 5.76. The van der Waals surface area contributed by atoms with Crippen molar-refractivity contribution in [1.29, 1.82) is 0 Å². The van der Waals surface area contributed by atoms with Gasteiger partial charge in [0.2, 0.25) is 0 Å². The molecule has 1 saturated carbocycles. The molecular formula is C17H27NO5. The zero-order valence-electron chi connectivity index (χ0n) is 14.3. The Bertz CT molecular complexity index is 511. The van der Waals surface area contributed by atoms with E-state index in [-0.39, 0.29) is 35.4 Å². The van der Waals surface area contributed by atoms with E-state index in [0.29, 0.717) is 6.42 Å². The monoisotopic (exact) mass is 325 g/mol. The van der Waals surface area contributed by atoms with Crippen molar-refractivity contribution < 1.29 is 23.7 Å². The fourth-order valence-corrected chi connectivity index (χ4v) is 4.22. The van der Waals surface area contributed by atoms with Crippen LogP contribution in [-0.4, -0.2) is 49.3 Å². The van der Waals surface area contributed by atoms with Crippen molar-refractivity contribution in [3.05, 3.63) is 11.6 Å². The molecule has 23 heavy (non-hydrogen) atoms. The van der Waals surface area contributed by atoms with Gasteiger partial charge in [-0.25, -0.2) is 4.79 Å². The van der Waals surface area contributed by atoms with Crippen LogP contribution in [-0.2, 0) is 18.9 Å². The summed E-state index contributed by atoms with van der Waals surface area (Å²) in [6.45, 7) is 7.00. The minimum Gasteiger partial charge on any atom is -0.444 e. The summed E-state index contributed by atoms with van der Waals surface area (Å²) in [6.07, 6.45) is 3.39. The van der Waals surface area contributed by atoms with Crippen molar-refractivity contribution in [1.82, 2.24) is 0 Å². The number of allylic oxidation sites excluding steroid dienone is 1. The van der Waals surface area contributed by atoms with Gasteiger partial charge in [-0.3, -0.25) is 0 Å². The molecule has 6 atom stereocenters. The van der Waals surface area contributed by atoms with Crippen LogP contribution in [0.15, 0.2) is 11.6 Å². The van der Waals surface area contributed by atoms with Crippen LogP contribution in [0.25, 0.3) is 0 Å². The van der Waals surface area contributed by atoms with E-state index in [4.69, 9.17) is 24.7 Å². The number of carbonyl (C=O) groups is 1. The molecule has 2 aliphatic heterocycles. The third kappa shape index (κ3) is 2.99. The van der Waals surface area contributed by atoms with Gasteiger partial charge in [0.05, 0.1) is 18.6 Å². The highest BCUT2D eigenvalue weighted by Crippen LogP contribution is 2.59. The van der Waals surface area contributed by atoms with E-state index in [1.165, 1.54) is 5.57 Å². The van der Waals surface area contributed by atoms with Crippen molar-refractivity contribution in [2.24, 2.45) is 11.7 Å². The summed E-state index contributed by atoms with van der Waals surface area (Å²) in [7, 11) is 1.65. The molecule has 0 bridgehead atoms. The molecule has 6 heteroatoms. The van der Waals surface area contributed by atoms with Gasteiger partial charge < -0.3 is 24.7 Å². The molecule has 2 N–H and O–H groups in total. The van der Waals surface area contributed by atoms with Gasteiger partial charge in [0, 0.05) is 7.11 Å². The minimum atomic E-state index is -0.758. The van der Waals surface area contributed by atoms with E-state index in [9.17, 15) is 4.79 Å². The number of carbonyl (C=O) groups excluding carboxylic acids is 1. The lowest BCUT2D eigenvalue weighted by Gasteiger charge is -2.42. The molecule has 1 amide bonds. The third-order valence-electron chi connectivity index (χ3n) is 5.50. The van der Waals surface area contributed by atoms with Crippen LogP contribution in [0.5, 0.6) is 0 Å². The Kier molecular flexibility index (Phi) is 4.19. The van der Waals surface area contributed by atoms with Gasteiger partial charge in [-0.05, 0) is 40.0 Å². The van der Waals surface area contributed by atoms with Crippen molar-refractivity contribution in [2.75, 3.05) is 13.7 Å². The van der Waals surface area contributed by atoms with Gasteiger partial charge >= 0.3 is 6.09 Å². The molecule has 6 nitrogen and oxygen atoms in total. The van der Waals surface area contributed by atoms with Crippen molar-refractivity contribution >= 4 is 6.09 Å². The summed E-state index contributed by atoms with van der Waals surface area (Å²) < 4.78 is 22.9. The first-order chi connectivity index (χ1) is 10.8. The first kappa shape index (κ1) is 16.7. The lowest BCUT2D eigenvalue weighted by Crippen LogP contribution is -2.55. The Morgan fingerprint density at radius 2 is 2.13 bits per heavy atom. The Labute approximate surface area is 137 Å². The lowest BCUT2D eigenvalue weighted by molar-refractivity contribution is -0.117. The molecule has 0 aromatic carbocycles. The standard InChI is InChI=1S/C17H27NO5/c1-10(2)5-6-12-16(3,23-12)14-13(20-4)11(22-15(18)19)7-8-17(14)9-21-17/h5,11-14H,6-9H2,1-4H3,(H2,18,19)/t11?,12-,13?,14+,16+,17+/m1/s1. The molecule has 3 fully saturated rings. The molecule has 3 aliphatic rings. The molecule has 0 aromatic rings. The number of amides is 1. The van der Waals surface area contributed by atoms with Crippen LogP contribution in [0.2, 0.25) is 0 Å². The number of nitrogens with two attached hydrogens (primary N) is 1. The molecule has 2 unspecified atom stereocenters. The molecule has 3 rings (SSSR count). The molecule has 1 spiro atoms. The number of primary amides is 1. The van der Waals surface area contributed by atoms with E-state index in [0.717, 1.165) is 19.4 Å². The highest BCUT2D eigenvalue weighted by Gasteiger charge is 2.72. The molecule has 2 saturated heterocycles. The zero-order chi connectivity index (χ0) is 16.8. The maximum absolute atomic E-state index is 11.2. The number of methoxy groups -OCH3 is 1. The third-order valence-corrected chi connectivity index (χ3v) is 5.50. The van der Waals surface area contributed by atoms with Gasteiger partial charge in [0.15, 0.2) is 0 Å². The summed E-state index contributed by atoms with van der Waals surface area (Å²) >= 11 is 0. The maximum atomic E-state index is 11.2. The van der Waals surface area contributed by atoms with E-state index in [1.807, 2.05) is 0 Å². The number of ether oxygens (including phenoxy) is 4. The topological polar surface area (TPSA) is 86.6 Å². The predicted molar refractivity (Wildman–Crippen MR) is 84.0 cm³/mol. The summed E-state index contributed by atoms with van der Waals surface area (Å²) in [6, 6.07) is 0. The first-order valence-electron chi connectivity index (χ1n) is 8.26. The van der Waals surface area contributed by atoms with E-state index in [1.54, 1.807) is 7.11 Å². The van der Waals surface area contributed by atoms with Crippen LogP contribution in [0.1, 0.15) is 40.0 Å². The number of hydrogen-bond donors (Lipinski definition) is 1. The molecule has 2 heterocycles. The normalized spacial score (nSPS) is 44.7. The summed E-state index contributed by atoms with van der Waals surface area (Å²) in [5.74, 6) is 0.0358. The maximum Gasteiger partial charge on any atom is 0.404 e. The molecule has 130 valence electrons. The van der Waals surface area contributed by atoms with Crippen molar-refractivity contribution in [3.63, 3.8) is 0 Å². The molecule has 0 radical (unpaired) electrons. The first-order valence-corrected chi connectivity index (χ1v) is 8.26. The molecular weight excluding hydrogens is 298 g/mol.